The number of carboxylic acids is 1. The maximum Gasteiger partial charge on any atom is 0.327 e. The summed E-state index contributed by atoms with van der Waals surface area (Å²) < 4.78 is 5.18. The van der Waals surface area contributed by atoms with Crippen LogP contribution in [0.4, 0.5) is 0 Å². The number of nitrogens with zero attached hydrogens (tertiary/aromatic N) is 1. The molecule has 1 aromatic rings. The molecule has 0 spiro atoms. The zero-order valence-electron chi connectivity index (χ0n) is 10.8. The van der Waals surface area contributed by atoms with Crippen molar-refractivity contribution in [2.24, 2.45) is 0 Å². The molecule has 0 radical (unpaired) electrons. The van der Waals surface area contributed by atoms with E-state index >= 15 is 0 Å². The van der Waals surface area contributed by atoms with Gasteiger partial charge in [0.25, 0.3) is 5.91 Å². The standard InChI is InChI=1S/C13H15NO4S/c1-8-3-4-9(5-11(8)18-2)12(15)14-7-19-6-10(14)13(16)17/h3-5,10H,6-7H2,1-2H3,(H,16,17). The normalized spacial score (nSPS) is 18.4. The van der Waals surface area contributed by atoms with Crippen LogP contribution in [0, 0.1) is 6.92 Å². The molecule has 19 heavy (non-hydrogen) atoms. The molecule has 1 aromatic carbocycles. The van der Waals surface area contributed by atoms with Crippen molar-refractivity contribution < 1.29 is 19.4 Å². The fourth-order valence-electron chi connectivity index (χ4n) is 1.97. The lowest BCUT2D eigenvalue weighted by molar-refractivity contribution is -0.140. The molecule has 5 nitrogen and oxygen atoms in total. The number of rotatable bonds is 3. The Balaban J connectivity index is 2.26. The lowest BCUT2D eigenvalue weighted by atomic mass is 10.1. The molecular weight excluding hydrogens is 266 g/mol. The van der Waals surface area contributed by atoms with Gasteiger partial charge in [0.2, 0.25) is 0 Å². The van der Waals surface area contributed by atoms with E-state index in [0.29, 0.717) is 22.9 Å². The number of methoxy groups -OCH3 is 1. The van der Waals surface area contributed by atoms with Crippen LogP contribution in [0.2, 0.25) is 0 Å². The average Bonchev–Trinajstić information content (AvgIpc) is 2.87. The van der Waals surface area contributed by atoms with Crippen molar-refractivity contribution in [1.82, 2.24) is 4.90 Å². The van der Waals surface area contributed by atoms with E-state index in [1.165, 1.54) is 16.7 Å². The minimum absolute atomic E-state index is 0.268. The number of carbonyl (C=O) groups is 2. The van der Waals surface area contributed by atoms with Crippen LogP contribution in [0.3, 0.4) is 0 Å². The van der Waals surface area contributed by atoms with Gasteiger partial charge in [0, 0.05) is 11.3 Å². The van der Waals surface area contributed by atoms with Crippen molar-refractivity contribution in [3.63, 3.8) is 0 Å². The van der Waals surface area contributed by atoms with Gasteiger partial charge in [0.05, 0.1) is 13.0 Å². The number of hydrogen-bond donors (Lipinski definition) is 1. The molecule has 102 valence electrons. The summed E-state index contributed by atoms with van der Waals surface area (Å²) in [4.78, 5) is 24.8. The Labute approximate surface area is 115 Å². The van der Waals surface area contributed by atoms with Gasteiger partial charge in [0.15, 0.2) is 0 Å². The lowest BCUT2D eigenvalue weighted by Gasteiger charge is -2.20. The van der Waals surface area contributed by atoms with Gasteiger partial charge >= 0.3 is 5.97 Å². The predicted octanol–water partition coefficient (Wildman–Crippen LogP) is 1.60. The van der Waals surface area contributed by atoms with Crippen LogP contribution in [0.1, 0.15) is 15.9 Å². The van der Waals surface area contributed by atoms with Gasteiger partial charge in [-0.1, -0.05) is 6.07 Å². The lowest BCUT2D eigenvalue weighted by Crippen LogP contribution is -2.41. The summed E-state index contributed by atoms with van der Waals surface area (Å²) in [5.74, 6) is 0.244. The first-order valence-electron chi connectivity index (χ1n) is 5.80. The SMILES string of the molecule is COc1cc(C(=O)N2CSCC2C(=O)O)ccc1C. The van der Waals surface area contributed by atoms with Gasteiger partial charge in [-0.2, -0.15) is 0 Å². The third kappa shape index (κ3) is 2.68. The molecule has 1 aliphatic heterocycles. The number of carbonyl (C=O) groups excluding carboxylic acids is 1. The van der Waals surface area contributed by atoms with Crippen molar-refractivity contribution in [3.05, 3.63) is 29.3 Å². The Kier molecular flexibility index (Phi) is 3.99. The summed E-state index contributed by atoms with van der Waals surface area (Å²) in [7, 11) is 1.54. The monoisotopic (exact) mass is 281 g/mol. The fourth-order valence-corrected chi connectivity index (χ4v) is 3.11. The summed E-state index contributed by atoms with van der Waals surface area (Å²) in [6.07, 6.45) is 0. The van der Waals surface area contributed by atoms with Crippen LogP contribution < -0.4 is 4.74 Å². The Bertz CT molecular complexity index is 517. The summed E-state index contributed by atoms with van der Waals surface area (Å²) in [6.45, 7) is 1.89. The van der Waals surface area contributed by atoms with Gasteiger partial charge in [-0.3, -0.25) is 4.79 Å². The molecule has 0 saturated carbocycles. The Morgan fingerprint density at radius 3 is 2.84 bits per heavy atom. The molecule has 0 aromatic heterocycles. The molecule has 1 amide bonds. The summed E-state index contributed by atoms with van der Waals surface area (Å²) in [5, 5.41) is 9.09. The highest BCUT2D eigenvalue weighted by Crippen LogP contribution is 2.25. The second-order valence-corrected chi connectivity index (χ2v) is 5.31. The first-order chi connectivity index (χ1) is 9.04. The van der Waals surface area contributed by atoms with Crippen LogP contribution in [-0.4, -0.2) is 46.7 Å². The van der Waals surface area contributed by atoms with Crippen LogP contribution >= 0.6 is 11.8 Å². The quantitative estimate of drug-likeness (QED) is 0.911. The third-order valence-electron chi connectivity index (χ3n) is 3.08. The van der Waals surface area contributed by atoms with Gasteiger partial charge in [-0.05, 0) is 24.6 Å². The van der Waals surface area contributed by atoms with Crippen molar-refractivity contribution in [1.29, 1.82) is 0 Å². The Hall–Kier alpha value is -1.69. The van der Waals surface area contributed by atoms with Gasteiger partial charge in [0.1, 0.15) is 11.8 Å². The van der Waals surface area contributed by atoms with E-state index in [2.05, 4.69) is 0 Å². The highest BCUT2D eigenvalue weighted by atomic mass is 32.2. The summed E-state index contributed by atoms with van der Waals surface area (Å²) in [6, 6.07) is 4.40. The topological polar surface area (TPSA) is 66.8 Å². The smallest absolute Gasteiger partial charge is 0.327 e. The molecule has 1 N–H and O–H groups in total. The molecule has 1 unspecified atom stereocenters. The minimum Gasteiger partial charge on any atom is -0.496 e. The number of amides is 1. The van der Waals surface area contributed by atoms with Crippen LogP contribution in [0.15, 0.2) is 18.2 Å². The first-order valence-corrected chi connectivity index (χ1v) is 6.96. The largest absolute Gasteiger partial charge is 0.496 e. The maximum atomic E-state index is 12.3. The second-order valence-electron chi connectivity index (χ2n) is 4.31. The minimum atomic E-state index is -0.961. The number of hydrogen-bond acceptors (Lipinski definition) is 4. The van der Waals surface area contributed by atoms with E-state index in [-0.39, 0.29) is 5.91 Å². The van der Waals surface area contributed by atoms with E-state index in [9.17, 15) is 9.59 Å². The number of aryl methyl sites for hydroxylation is 1. The van der Waals surface area contributed by atoms with Gasteiger partial charge in [-0.15, -0.1) is 11.8 Å². The molecule has 2 rings (SSSR count). The summed E-state index contributed by atoms with van der Waals surface area (Å²) in [5.41, 5.74) is 1.39. The highest BCUT2D eigenvalue weighted by Gasteiger charge is 2.35. The van der Waals surface area contributed by atoms with Crippen LogP contribution in [-0.2, 0) is 4.79 Å². The Morgan fingerprint density at radius 1 is 1.47 bits per heavy atom. The van der Waals surface area contributed by atoms with Crippen LogP contribution in [0.5, 0.6) is 5.75 Å². The number of thioether (sulfide) groups is 1. The molecule has 0 aliphatic carbocycles. The van der Waals surface area contributed by atoms with Crippen molar-refractivity contribution >= 4 is 23.6 Å². The molecular formula is C13H15NO4S. The molecule has 6 heteroatoms. The third-order valence-corrected chi connectivity index (χ3v) is 4.10. The van der Waals surface area contributed by atoms with E-state index in [4.69, 9.17) is 9.84 Å². The number of carboxylic acid groups (broad SMARTS) is 1. The van der Waals surface area contributed by atoms with E-state index in [0.717, 1.165) is 5.56 Å². The maximum absolute atomic E-state index is 12.3. The highest BCUT2D eigenvalue weighted by molar-refractivity contribution is 7.99. The molecule has 1 fully saturated rings. The number of aliphatic carboxylic acids is 1. The van der Waals surface area contributed by atoms with Crippen molar-refractivity contribution in [3.8, 4) is 5.75 Å². The summed E-state index contributed by atoms with van der Waals surface area (Å²) >= 11 is 1.45. The fraction of sp³-hybridized carbons (Fsp3) is 0.385. The van der Waals surface area contributed by atoms with Gasteiger partial charge < -0.3 is 14.7 Å². The van der Waals surface area contributed by atoms with E-state index < -0.39 is 12.0 Å². The predicted molar refractivity (Wildman–Crippen MR) is 72.6 cm³/mol. The second kappa shape index (κ2) is 5.52. The number of ether oxygens (including phenoxy) is 1. The van der Waals surface area contributed by atoms with Crippen LogP contribution in [0.25, 0.3) is 0 Å². The average molecular weight is 281 g/mol. The number of benzene rings is 1. The molecule has 0 bridgehead atoms. The zero-order valence-corrected chi connectivity index (χ0v) is 11.6. The van der Waals surface area contributed by atoms with Crippen molar-refractivity contribution in [2.75, 3.05) is 18.7 Å². The van der Waals surface area contributed by atoms with E-state index in [1.54, 1.807) is 25.3 Å². The Morgan fingerprint density at radius 2 is 2.21 bits per heavy atom. The molecule has 1 atom stereocenters. The van der Waals surface area contributed by atoms with Gasteiger partial charge in [-0.25, -0.2) is 4.79 Å². The molecule has 1 heterocycles. The molecule has 1 saturated heterocycles. The zero-order chi connectivity index (χ0) is 14.0. The van der Waals surface area contributed by atoms with Crippen molar-refractivity contribution in [2.45, 2.75) is 13.0 Å². The first kappa shape index (κ1) is 13.7. The molecule has 1 aliphatic rings. The van der Waals surface area contributed by atoms with E-state index in [1.807, 2.05) is 6.92 Å².